The molecule has 74 valence electrons. The van der Waals surface area contributed by atoms with Crippen molar-refractivity contribution < 1.29 is 20.7 Å². The molecule has 0 atom stereocenters. The van der Waals surface area contributed by atoms with Crippen molar-refractivity contribution >= 4 is 0 Å². The molecule has 0 saturated carbocycles. The maximum atomic E-state index is 7.50. The fourth-order valence-electron chi connectivity index (χ4n) is 0.438. The molecule has 0 aliphatic carbocycles. The maximum absolute atomic E-state index is 7.50. The van der Waals surface area contributed by atoms with Gasteiger partial charge in [0.05, 0.1) is 6.61 Å². The van der Waals surface area contributed by atoms with E-state index >= 15 is 0 Å². The Balaban J connectivity index is 0. The number of hydrogen-bond acceptors (Lipinski definition) is 4. The van der Waals surface area contributed by atoms with Gasteiger partial charge >= 0.3 is 0 Å². The zero-order valence-corrected chi connectivity index (χ0v) is 7.21. The molecule has 0 amide bonds. The Morgan fingerprint density at radius 3 is 1.38 bits per heavy atom. The molecule has 0 unspecified atom stereocenters. The van der Waals surface area contributed by atoms with Crippen molar-refractivity contribution in [2.75, 3.05) is 6.61 Å². The third kappa shape index (κ3) is 18.1. The lowest BCUT2D eigenvalue weighted by atomic mass is 10.4. The molecule has 0 saturated heterocycles. The molecule has 0 bridgehead atoms. The standard InChI is InChI=1S/C6H6.C3H6O2.H2O2/c1-2-4-6-5-3-1;1-2-3-5-4;1-2/h1-6H;2,4H,1,3H2;1-2H. The summed E-state index contributed by atoms with van der Waals surface area (Å²) in [5, 5.41) is 19.5. The van der Waals surface area contributed by atoms with Crippen LogP contribution in [0.1, 0.15) is 0 Å². The summed E-state index contributed by atoms with van der Waals surface area (Å²) in [6.07, 6.45) is 1.46. The van der Waals surface area contributed by atoms with Crippen molar-refractivity contribution in [3.05, 3.63) is 49.1 Å². The highest BCUT2D eigenvalue weighted by Gasteiger charge is 1.60. The summed E-state index contributed by atoms with van der Waals surface area (Å²) in [5.74, 6) is 0. The van der Waals surface area contributed by atoms with Crippen LogP contribution in [0.15, 0.2) is 49.1 Å². The third-order valence-corrected chi connectivity index (χ3v) is 0.859. The van der Waals surface area contributed by atoms with E-state index in [-0.39, 0.29) is 6.61 Å². The summed E-state index contributed by atoms with van der Waals surface area (Å²) < 4.78 is 0. The lowest BCUT2D eigenvalue weighted by molar-refractivity contribution is -0.231. The van der Waals surface area contributed by atoms with E-state index in [9.17, 15) is 0 Å². The summed E-state index contributed by atoms with van der Waals surface area (Å²) >= 11 is 0. The Kier molecular flexibility index (Phi) is 18.8. The van der Waals surface area contributed by atoms with Crippen LogP contribution >= 0.6 is 0 Å². The van der Waals surface area contributed by atoms with E-state index < -0.39 is 0 Å². The van der Waals surface area contributed by atoms with Gasteiger partial charge in [-0.15, -0.1) is 6.58 Å². The Morgan fingerprint density at radius 2 is 1.31 bits per heavy atom. The molecular formula is C9H14O4. The van der Waals surface area contributed by atoms with Gasteiger partial charge in [0.1, 0.15) is 0 Å². The monoisotopic (exact) mass is 186 g/mol. The fourth-order valence-corrected chi connectivity index (χ4v) is 0.438. The van der Waals surface area contributed by atoms with Crippen LogP contribution in [-0.2, 0) is 4.89 Å². The normalized spacial score (nSPS) is 7.00. The van der Waals surface area contributed by atoms with Gasteiger partial charge < -0.3 is 0 Å². The van der Waals surface area contributed by atoms with Gasteiger partial charge in [-0.3, -0.25) is 15.8 Å². The molecule has 0 radical (unpaired) electrons. The number of benzene rings is 1. The van der Waals surface area contributed by atoms with Gasteiger partial charge in [0, 0.05) is 0 Å². The molecule has 4 heteroatoms. The molecule has 1 aromatic carbocycles. The maximum Gasteiger partial charge on any atom is 0.0998 e. The first kappa shape index (κ1) is 14.3. The van der Waals surface area contributed by atoms with E-state index in [4.69, 9.17) is 15.8 Å². The van der Waals surface area contributed by atoms with Gasteiger partial charge in [-0.05, 0) is 0 Å². The van der Waals surface area contributed by atoms with E-state index in [1.807, 2.05) is 36.4 Å². The summed E-state index contributed by atoms with van der Waals surface area (Å²) in [5.41, 5.74) is 0. The molecule has 1 aromatic rings. The quantitative estimate of drug-likeness (QED) is 0.376. The second-order valence-corrected chi connectivity index (χ2v) is 1.74. The van der Waals surface area contributed by atoms with Crippen LogP contribution in [0.5, 0.6) is 0 Å². The average molecular weight is 186 g/mol. The molecular weight excluding hydrogens is 172 g/mol. The predicted molar refractivity (Wildman–Crippen MR) is 50.5 cm³/mol. The van der Waals surface area contributed by atoms with Gasteiger partial charge in [-0.1, -0.05) is 42.5 Å². The van der Waals surface area contributed by atoms with Crippen molar-refractivity contribution in [3.8, 4) is 0 Å². The van der Waals surface area contributed by atoms with Crippen LogP contribution < -0.4 is 0 Å². The van der Waals surface area contributed by atoms with Crippen LogP contribution in [0.2, 0.25) is 0 Å². The second-order valence-electron chi connectivity index (χ2n) is 1.74. The first-order valence-electron chi connectivity index (χ1n) is 3.49. The summed E-state index contributed by atoms with van der Waals surface area (Å²) in [7, 11) is 0. The Bertz CT molecular complexity index is 138. The smallest absolute Gasteiger partial charge is 0.0998 e. The van der Waals surface area contributed by atoms with Crippen molar-refractivity contribution in [1.82, 2.24) is 0 Å². The highest BCUT2D eigenvalue weighted by atomic mass is 17.1. The van der Waals surface area contributed by atoms with E-state index in [1.165, 1.54) is 6.08 Å². The molecule has 0 heterocycles. The molecule has 4 nitrogen and oxygen atoms in total. The first-order valence-corrected chi connectivity index (χ1v) is 3.49. The minimum absolute atomic E-state index is 0.208. The molecule has 0 spiro atoms. The predicted octanol–water partition coefficient (Wildman–Crippen LogP) is 2.37. The molecule has 0 aliphatic heterocycles. The van der Waals surface area contributed by atoms with E-state index in [0.717, 1.165) is 0 Å². The molecule has 0 aromatic heterocycles. The molecule has 13 heavy (non-hydrogen) atoms. The first-order chi connectivity index (χ1) is 6.41. The zero-order valence-electron chi connectivity index (χ0n) is 7.21. The van der Waals surface area contributed by atoms with Gasteiger partial charge in [0.25, 0.3) is 0 Å². The lowest BCUT2D eigenvalue weighted by Gasteiger charge is -1.76. The minimum Gasteiger partial charge on any atom is -0.255 e. The van der Waals surface area contributed by atoms with Crippen LogP contribution in [0.4, 0.5) is 0 Å². The SMILES string of the molecule is C=CCOO.OO.c1ccccc1. The summed E-state index contributed by atoms with van der Waals surface area (Å²) in [6, 6.07) is 12.0. The highest BCUT2D eigenvalue weighted by molar-refractivity contribution is 4.99. The van der Waals surface area contributed by atoms with Gasteiger partial charge in [-0.2, -0.15) is 0 Å². The van der Waals surface area contributed by atoms with Gasteiger partial charge in [-0.25, -0.2) is 4.89 Å². The van der Waals surface area contributed by atoms with Crippen LogP contribution in [0.25, 0.3) is 0 Å². The van der Waals surface area contributed by atoms with Crippen LogP contribution in [0.3, 0.4) is 0 Å². The highest BCUT2D eigenvalue weighted by Crippen LogP contribution is 1.79. The van der Waals surface area contributed by atoms with Gasteiger partial charge in [0.15, 0.2) is 0 Å². The van der Waals surface area contributed by atoms with E-state index in [2.05, 4.69) is 11.5 Å². The van der Waals surface area contributed by atoms with Crippen molar-refractivity contribution in [2.45, 2.75) is 0 Å². The van der Waals surface area contributed by atoms with Crippen molar-refractivity contribution in [1.29, 1.82) is 0 Å². The molecule has 3 N–H and O–H groups in total. The van der Waals surface area contributed by atoms with Crippen molar-refractivity contribution in [2.24, 2.45) is 0 Å². The fraction of sp³-hybridized carbons (Fsp3) is 0.111. The summed E-state index contributed by atoms with van der Waals surface area (Å²) in [4.78, 5) is 3.57. The third-order valence-electron chi connectivity index (χ3n) is 0.859. The molecule has 0 aliphatic rings. The van der Waals surface area contributed by atoms with Crippen LogP contribution in [0, 0.1) is 0 Å². The second kappa shape index (κ2) is 17.0. The van der Waals surface area contributed by atoms with Crippen molar-refractivity contribution in [3.63, 3.8) is 0 Å². The Morgan fingerprint density at radius 1 is 1.00 bits per heavy atom. The average Bonchev–Trinajstić information content (AvgIpc) is 2.25. The number of rotatable bonds is 2. The number of hydrogen-bond donors (Lipinski definition) is 3. The topological polar surface area (TPSA) is 69.9 Å². The largest absolute Gasteiger partial charge is 0.255 e. The van der Waals surface area contributed by atoms with E-state index in [0.29, 0.717) is 0 Å². The Hall–Kier alpha value is -1.20. The summed E-state index contributed by atoms with van der Waals surface area (Å²) in [6.45, 7) is 3.47. The minimum atomic E-state index is 0.208. The zero-order chi connectivity index (χ0) is 10.4. The molecule has 0 fully saturated rings. The van der Waals surface area contributed by atoms with Crippen LogP contribution in [-0.4, -0.2) is 22.4 Å². The van der Waals surface area contributed by atoms with E-state index in [1.54, 1.807) is 0 Å². The molecule has 1 rings (SSSR count). The van der Waals surface area contributed by atoms with Gasteiger partial charge in [0.2, 0.25) is 0 Å². The lowest BCUT2D eigenvalue weighted by Crippen LogP contribution is -1.77. The Labute approximate surface area is 77.2 Å².